The molecule has 2 rings (SSSR count). The molecule has 0 bridgehead atoms. The van der Waals surface area contributed by atoms with E-state index in [1.807, 2.05) is 17.5 Å². The molecule has 0 aliphatic carbocycles. The van der Waals surface area contributed by atoms with Gasteiger partial charge in [-0.15, -0.1) is 23.7 Å². The molecule has 1 N–H and O–H groups in total. The summed E-state index contributed by atoms with van der Waals surface area (Å²) in [5.74, 6) is 0.605. The Morgan fingerprint density at radius 3 is 2.94 bits per heavy atom. The average molecular weight is 276 g/mol. The van der Waals surface area contributed by atoms with E-state index in [4.69, 9.17) is 0 Å². The summed E-state index contributed by atoms with van der Waals surface area (Å²) in [5.41, 5.74) is 0. The van der Waals surface area contributed by atoms with Gasteiger partial charge in [0.25, 0.3) is 0 Å². The van der Waals surface area contributed by atoms with Gasteiger partial charge in [0.15, 0.2) is 0 Å². The molecule has 1 fully saturated rings. The van der Waals surface area contributed by atoms with Gasteiger partial charge in [-0.1, -0.05) is 13.8 Å². The normalized spacial score (nSPS) is 21.5. The Hall–Kier alpha value is -0.160. The summed E-state index contributed by atoms with van der Waals surface area (Å²) in [5, 5.41) is 4.72. The second kappa shape index (κ2) is 6.69. The largest absolute Gasteiger partial charge is 0.312 e. The highest BCUT2D eigenvalue weighted by Crippen LogP contribution is 2.22. The maximum absolute atomic E-state index is 4.51. The van der Waals surface area contributed by atoms with Crippen LogP contribution in [-0.2, 0) is 6.54 Å². The van der Waals surface area contributed by atoms with Crippen molar-refractivity contribution in [3.05, 3.63) is 16.1 Å². The van der Waals surface area contributed by atoms with Crippen LogP contribution < -0.4 is 5.32 Å². The van der Waals surface area contributed by atoms with Crippen LogP contribution in [0.2, 0.25) is 0 Å². The summed E-state index contributed by atoms with van der Waals surface area (Å²) in [6, 6.07) is 0.610. The van der Waals surface area contributed by atoms with Crippen LogP contribution in [0.5, 0.6) is 0 Å². The molecule has 0 radical (unpaired) electrons. The van der Waals surface area contributed by atoms with Gasteiger partial charge >= 0.3 is 0 Å². The Morgan fingerprint density at radius 1 is 1.59 bits per heavy atom. The maximum Gasteiger partial charge on any atom is 0.107 e. The molecular weight excluding hydrogens is 254 g/mol. The third-order valence-electron chi connectivity index (χ3n) is 2.95. The van der Waals surface area contributed by atoms with Crippen molar-refractivity contribution in [2.75, 3.05) is 19.6 Å². The first-order valence-corrected chi connectivity index (χ1v) is 6.87. The molecule has 98 valence electrons. The lowest BCUT2D eigenvalue weighted by Crippen LogP contribution is -2.48. The van der Waals surface area contributed by atoms with Crippen molar-refractivity contribution in [2.24, 2.45) is 0 Å². The van der Waals surface area contributed by atoms with E-state index in [1.54, 1.807) is 0 Å². The predicted octanol–water partition coefficient (Wildman–Crippen LogP) is 2.48. The summed E-state index contributed by atoms with van der Waals surface area (Å²) in [7, 11) is 0. The SMILES string of the molecule is CC(C)c1cnc(CN2CCN[C@@H](C)C2)s1.Cl. The van der Waals surface area contributed by atoms with Gasteiger partial charge in [0.05, 0.1) is 6.54 Å². The maximum atomic E-state index is 4.51. The molecule has 1 aliphatic rings. The average Bonchev–Trinajstić information content (AvgIpc) is 2.66. The molecule has 1 aliphatic heterocycles. The molecule has 17 heavy (non-hydrogen) atoms. The number of aromatic nitrogens is 1. The van der Waals surface area contributed by atoms with Crippen molar-refractivity contribution in [3.63, 3.8) is 0 Å². The number of hydrogen-bond acceptors (Lipinski definition) is 4. The van der Waals surface area contributed by atoms with E-state index in [0.29, 0.717) is 12.0 Å². The fraction of sp³-hybridized carbons (Fsp3) is 0.750. The van der Waals surface area contributed by atoms with Gasteiger partial charge in [-0.2, -0.15) is 0 Å². The number of nitrogens with zero attached hydrogens (tertiary/aromatic N) is 2. The minimum absolute atomic E-state index is 0. The zero-order valence-electron chi connectivity index (χ0n) is 10.8. The van der Waals surface area contributed by atoms with E-state index in [1.165, 1.54) is 9.88 Å². The van der Waals surface area contributed by atoms with Crippen LogP contribution >= 0.6 is 23.7 Å². The van der Waals surface area contributed by atoms with Gasteiger partial charge in [0.1, 0.15) is 5.01 Å². The van der Waals surface area contributed by atoms with Gasteiger partial charge in [0, 0.05) is 36.8 Å². The molecule has 3 nitrogen and oxygen atoms in total. The Morgan fingerprint density at radius 2 is 2.35 bits per heavy atom. The second-order valence-electron chi connectivity index (χ2n) is 4.90. The van der Waals surface area contributed by atoms with E-state index >= 15 is 0 Å². The van der Waals surface area contributed by atoms with Crippen LogP contribution in [0, 0.1) is 0 Å². The van der Waals surface area contributed by atoms with E-state index < -0.39 is 0 Å². The molecule has 0 saturated carbocycles. The Kier molecular flexibility index (Phi) is 5.86. The second-order valence-corrected chi connectivity index (χ2v) is 6.05. The highest BCUT2D eigenvalue weighted by atomic mass is 35.5. The van der Waals surface area contributed by atoms with Crippen molar-refractivity contribution in [1.82, 2.24) is 15.2 Å². The van der Waals surface area contributed by atoms with Crippen LogP contribution in [0.25, 0.3) is 0 Å². The number of thiazole rings is 1. The standard InChI is InChI=1S/C12H21N3S.ClH/c1-9(2)11-6-14-12(16-11)8-15-5-4-13-10(3)7-15;/h6,9-10,13H,4-5,7-8H2,1-3H3;1H/t10-;/m0./s1. The van der Waals surface area contributed by atoms with Crippen LogP contribution in [0.15, 0.2) is 6.20 Å². The molecule has 0 aromatic carbocycles. The van der Waals surface area contributed by atoms with Crippen LogP contribution in [0.4, 0.5) is 0 Å². The summed E-state index contributed by atoms with van der Waals surface area (Å²) >= 11 is 1.86. The number of piperazine rings is 1. The fourth-order valence-electron chi connectivity index (χ4n) is 2.01. The van der Waals surface area contributed by atoms with Crippen molar-refractivity contribution in [2.45, 2.75) is 39.3 Å². The van der Waals surface area contributed by atoms with Crippen molar-refractivity contribution < 1.29 is 0 Å². The summed E-state index contributed by atoms with van der Waals surface area (Å²) < 4.78 is 0. The summed E-state index contributed by atoms with van der Waals surface area (Å²) in [4.78, 5) is 8.40. The highest BCUT2D eigenvalue weighted by Gasteiger charge is 2.17. The van der Waals surface area contributed by atoms with Crippen molar-refractivity contribution >= 4 is 23.7 Å². The first-order chi connectivity index (χ1) is 7.65. The molecule has 0 amide bonds. The highest BCUT2D eigenvalue weighted by molar-refractivity contribution is 7.11. The third kappa shape index (κ3) is 4.21. The van der Waals surface area contributed by atoms with Gasteiger partial charge in [-0.3, -0.25) is 4.90 Å². The molecule has 0 spiro atoms. The zero-order chi connectivity index (χ0) is 11.5. The van der Waals surface area contributed by atoms with E-state index in [9.17, 15) is 0 Å². The van der Waals surface area contributed by atoms with Gasteiger partial charge in [-0.05, 0) is 12.8 Å². The van der Waals surface area contributed by atoms with Crippen molar-refractivity contribution in [3.8, 4) is 0 Å². The Labute approximate surface area is 114 Å². The monoisotopic (exact) mass is 275 g/mol. The third-order valence-corrected chi connectivity index (χ3v) is 4.23. The van der Waals surface area contributed by atoms with Crippen molar-refractivity contribution in [1.29, 1.82) is 0 Å². The number of nitrogens with one attached hydrogen (secondary N) is 1. The lowest BCUT2D eigenvalue weighted by molar-refractivity contribution is 0.199. The molecule has 1 aromatic rings. The number of rotatable bonds is 3. The van der Waals surface area contributed by atoms with Crippen LogP contribution in [0.3, 0.4) is 0 Å². The molecule has 1 saturated heterocycles. The number of halogens is 1. The lowest BCUT2D eigenvalue weighted by Gasteiger charge is -2.31. The van der Waals surface area contributed by atoms with Crippen LogP contribution in [0.1, 0.15) is 36.6 Å². The zero-order valence-corrected chi connectivity index (χ0v) is 12.4. The molecule has 1 aromatic heterocycles. The van der Waals surface area contributed by atoms with Crippen LogP contribution in [-0.4, -0.2) is 35.6 Å². The quantitative estimate of drug-likeness (QED) is 0.919. The fourth-order valence-corrected chi connectivity index (χ4v) is 2.98. The minimum Gasteiger partial charge on any atom is -0.312 e. The molecule has 0 unspecified atom stereocenters. The predicted molar refractivity (Wildman–Crippen MR) is 76.2 cm³/mol. The number of hydrogen-bond donors (Lipinski definition) is 1. The molecule has 2 heterocycles. The van der Waals surface area contributed by atoms with E-state index in [-0.39, 0.29) is 12.4 Å². The molecule has 5 heteroatoms. The lowest BCUT2D eigenvalue weighted by atomic mass is 10.2. The van der Waals surface area contributed by atoms with Gasteiger partial charge < -0.3 is 5.32 Å². The summed E-state index contributed by atoms with van der Waals surface area (Å²) in [6.07, 6.45) is 2.04. The Balaban J connectivity index is 0.00000144. The topological polar surface area (TPSA) is 28.2 Å². The summed E-state index contributed by atoms with van der Waals surface area (Å²) in [6.45, 7) is 11.1. The minimum atomic E-state index is 0. The van der Waals surface area contributed by atoms with Gasteiger partial charge in [0.2, 0.25) is 0 Å². The Bertz CT molecular complexity index is 340. The van der Waals surface area contributed by atoms with E-state index in [0.717, 1.165) is 26.2 Å². The first kappa shape index (κ1) is 14.9. The first-order valence-electron chi connectivity index (χ1n) is 6.05. The molecule has 1 atom stereocenters. The smallest absolute Gasteiger partial charge is 0.107 e. The van der Waals surface area contributed by atoms with E-state index in [2.05, 4.69) is 36.0 Å². The molecular formula is C12H22ClN3S. The van der Waals surface area contributed by atoms with Gasteiger partial charge in [-0.25, -0.2) is 4.98 Å².